The summed E-state index contributed by atoms with van der Waals surface area (Å²) in [5.74, 6) is 0. The highest BCUT2D eigenvalue weighted by Gasteiger charge is 2.25. The molecule has 0 saturated heterocycles. The summed E-state index contributed by atoms with van der Waals surface area (Å²) in [5.41, 5.74) is 6.42. The molecule has 0 bridgehead atoms. The summed E-state index contributed by atoms with van der Waals surface area (Å²) in [6.45, 7) is 0. The molecular weight excluding hydrogens is 288 g/mol. The van der Waals surface area contributed by atoms with E-state index in [-0.39, 0.29) is 5.03 Å². The van der Waals surface area contributed by atoms with Gasteiger partial charge in [-0.1, -0.05) is 11.6 Å². The number of nitrogens with two attached hydrogens (primary N) is 1. The summed E-state index contributed by atoms with van der Waals surface area (Å²) in [5, 5.41) is 0.365. The SMILES string of the molecule is CN(c1cc(Cl)ccc1N)S(=O)(=O)c1cn(C)cn1. The number of aromatic nitrogens is 2. The van der Waals surface area contributed by atoms with E-state index in [1.807, 2.05) is 0 Å². The monoisotopic (exact) mass is 300 g/mol. The van der Waals surface area contributed by atoms with Crippen LogP contribution < -0.4 is 10.0 Å². The van der Waals surface area contributed by atoms with Crippen LogP contribution in [0, 0.1) is 0 Å². The number of benzene rings is 1. The summed E-state index contributed by atoms with van der Waals surface area (Å²) in [6.07, 6.45) is 2.84. The van der Waals surface area contributed by atoms with Crippen LogP contribution in [-0.4, -0.2) is 25.0 Å². The van der Waals surface area contributed by atoms with Gasteiger partial charge in [0.1, 0.15) is 0 Å². The Kier molecular flexibility index (Phi) is 3.42. The third-order valence-electron chi connectivity index (χ3n) is 2.64. The van der Waals surface area contributed by atoms with Gasteiger partial charge < -0.3 is 10.3 Å². The van der Waals surface area contributed by atoms with Crippen molar-refractivity contribution in [3.63, 3.8) is 0 Å². The summed E-state index contributed by atoms with van der Waals surface area (Å²) in [7, 11) is -0.645. The fourth-order valence-electron chi connectivity index (χ4n) is 1.58. The minimum atomic E-state index is -3.75. The van der Waals surface area contributed by atoms with E-state index in [4.69, 9.17) is 17.3 Å². The van der Waals surface area contributed by atoms with E-state index in [0.29, 0.717) is 16.4 Å². The van der Waals surface area contributed by atoms with E-state index in [0.717, 1.165) is 4.31 Å². The Balaban J connectivity index is 2.49. The van der Waals surface area contributed by atoms with Gasteiger partial charge in [-0.25, -0.2) is 4.98 Å². The van der Waals surface area contributed by atoms with Crippen molar-refractivity contribution in [1.29, 1.82) is 0 Å². The van der Waals surface area contributed by atoms with E-state index in [9.17, 15) is 8.42 Å². The van der Waals surface area contributed by atoms with Crippen molar-refractivity contribution in [2.45, 2.75) is 5.03 Å². The lowest BCUT2D eigenvalue weighted by Crippen LogP contribution is -2.27. The van der Waals surface area contributed by atoms with Gasteiger partial charge in [0, 0.05) is 25.3 Å². The second-order valence-corrected chi connectivity index (χ2v) is 6.41. The fourth-order valence-corrected chi connectivity index (χ4v) is 2.93. The molecule has 19 heavy (non-hydrogen) atoms. The molecule has 2 N–H and O–H groups in total. The van der Waals surface area contributed by atoms with Crippen LogP contribution >= 0.6 is 11.6 Å². The zero-order valence-electron chi connectivity index (χ0n) is 10.4. The van der Waals surface area contributed by atoms with Gasteiger partial charge in [0.05, 0.1) is 17.7 Å². The Hall–Kier alpha value is -1.73. The highest BCUT2D eigenvalue weighted by atomic mass is 35.5. The molecule has 0 unspecified atom stereocenters. The molecule has 2 rings (SSSR count). The van der Waals surface area contributed by atoms with Crippen molar-refractivity contribution in [2.24, 2.45) is 7.05 Å². The van der Waals surface area contributed by atoms with Gasteiger partial charge in [0.15, 0.2) is 5.03 Å². The average molecular weight is 301 g/mol. The Morgan fingerprint density at radius 1 is 1.42 bits per heavy atom. The lowest BCUT2D eigenvalue weighted by atomic mass is 10.3. The number of nitrogen functional groups attached to an aromatic ring is 1. The second-order valence-electron chi connectivity index (χ2n) is 4.05. The standard InChI is InChI=1S/C11H13ClN4O2S/c1-15-6-11(14-7-15)19(17,18)16(2)10-5-8(12)3-4-9(10)13/h3-7H,13H2,1-2H3. The van der Waals surface area contributed by atoms with Gasteiger partial charge in [-0.15, -0.1) is 0 Å². The molecule has 0 fully saturated rings. The molecular formula is C11H13ClN4O2S. The van der Waals surface area contributed by atoms with Gasteiger partial charge >= 0.3 is 0 Å². The van der Waals surface area contributed by atoms with E-state index >= 15 is 0 Å². The van der Waals surface area contributed by atoms with E-state index in [2.05, 4.69) is 4.98 Å². The summed E-state index contributed by atoms with van der Waals surface area (Å²) >= 11 is 5.86. The number of sulfonamides is 1. The summed E-state index contributed by atoms with van der Waals surface area (Å²) < 4.78 is 27.3. The van der Waals surface area contributed by atoms with Gasteiger partial charge in [-0.3, -0.25) is 4.31 Å². The van der Waals surface area contributed by atoms with Crippen molar-refractivity contribution < 1.29 is 8.42 Å². The van der Waals surface area contributed by atoms with Crippen molar-refractivity contribution in [2.75, 3.05) is 17.1 Å². The molecule has 0 amide bonds. The second kappa shape index (κ2) is 4.75. The minimum Gasteiger partial charge on any atom is -0.397 e. The lowest BCUT2D eigenvalue weighted by Gasteiger charge is -2.19. The lowest BCUT2D eigenvalue weighted by molar-refractivity contribution is 0.591. The third-order valence-corrected chi connectivity index (χ3v) is 4.53. The van der Waals surface area contributed by atoms with E-state index in [1.54, 1.807) is 23.7 Å². The van der Waals surface area contributed by atoms with Crippen LogP contribution in [0.3, 0.4) is 0 Å². The Bertz CT molecular complexity index is 711. The van der Waals surface area contributed by atoms with Crippen LogP contribution in [0.4, 0.5) is 11.4 Å². The molecule has 0 spiro atoms. The first-order valence-corrected chi connectivity index (χ1v) is 7.16. The maximum Gasteiger partial charge on any atom is 0.283 e. The predicted molar refractivity (Wildman–Crippen MR) is 74.7 cm³/mol. The first-order chi connectivity index (χ1) is 8.82. The Labute approximate surface area is 116 Å². The average Bonchev–Trinajstić information content (AvgIpc) is 2.79. The molecule has 0 aliphatic heterocycles. The quantitative estimate of drug-likeness (QED) is 0.871. The first kappa shape index (κ1) is 13.7. The molecule has 0 aliphatic carbocycles. The molecule has 0 aliphatic rings. The van der Waals surface area contributed by atoms with Crippen molar-refractivity contribution >= 4 is 33.0 Å². The molecule has 8 heteroatoms. The molecule has 102 valence electrons. The van der Waals surface area contributed by atoms with Crippen LogP contribution in [0.5, 0.6) is 0 Å². The molecule has 0 radical (unpaired) electrons. The first-order valence-electron chi connectivity index (χ1n) is 5.34. The summed E-state index contributed by atoms with van der Waals surface area (Å²) in [4.78, 5) is 3.85. The number of rotatable bonds is 3. The number of hydrogen-bond donors (Lipinski definition) is 1. The number of anilines is 2. The molecule has 0 saturated carbocycles. The van der Waals surface area contributed by atoms with E-state index in [1.165, 1.54) is 25.6 Å². The zero-order chi connectivity index (χ0) is 14.2. The summed E-state index contributed by atoms with van der Waals surface area (Å²) in [6, 6.07) is 4.65. The van der Waals surface area contributed by atoms with Crippen LogP contribution in [0.2, 0.25) is 5.02 Å². The van der Waals surface area contributed by atoms with Crippen LogP contribution in [0.25, 0.3) is 0 Å². The Morgan fingerprint density at radius 2 is 2.11 bits per heavy atom. The van der Waals surface area contributed by atoms with Crippen molar-refractivity contribution in [1.82, 2.24) is 9.55 Å². The third kappa shape index (κ3) is 2.52. The largest absolute Gasteiger partial charge is 0.397 e. The number of imidazole rings is 1. The highest BCUT2D eigenvalue weighted by molar-refractivity contribution is 7.92. The highest BCUT2D eigenvalue weighted by Crippen LogP contribution is 2.29. The van der Waals surface area contributed by atoms with Gasteiger partial charge in [0.25, 0.3) is 10.0 Å². The van der Waals surface area contributed by atoms with Crippen LogP contribution in [-0.2, 0) is 17.1 Å². The number of nitrogens with zero attached hydrogens (tertiary/aromatic N) is 3. The molecule has 0 atom stereocenters. The van der Waals surface area contributed by atoms with Crippen LogP contribution in [0.15, 0.2) is 35.7 Å². The van der Waals surface area contributed by atoms with Gasteiger partial charge in [0.2, 0.25) is 0 Å². The smallest absolute Gasteiger partial charge is 0.283 e. The normalized spacial score (nSPS) is 11.5. The molecule has 1 heterocycles. The maximum atomic E-state index is 12.4. The zero-order valence-corrected chi connectivity index (χ0v) is 12.0. The van der Waals surface area contributed by atoms with E-state index < -0.39 is 10.0 Å². The predicted octanol–water partition coefficient (Wildman–Crippen LogP) is 1.48. The van der Waals surface area contributed by atoms with Gasteiger partial charge in [-0.05, 0) is 18.2 Å². The van der Waals surface area contributed by atoms with Crippen LogP contribution in [0.1, 0.15) is 0 Å². The Morgan fingerprint density at radius 3 is 2.68 bits per heavy atom. The molecule has 2 aromatic rings. The minimum absolute atomic E-state index is 0.0446. The number of hydrogen-bond acceptors (Lipinski definition) is 4. The maximum absolute atomic E-state index is 12.4. The van der Waals surface area contributed by atoms with Crippen molar-refractivity contribution in [3.8, 4) is 0 Å². The number of aryl methyl sites for hydroxylation is 1. The fraction of sp³-hybridized carbons (Fsp3) is 0.182. The molecule has 6 nitrogen and oxygen atoms in total. The van der Waals surface area contributed by atoms with Crippen molar-refractivity contribution in [3.05, 3.63) is 35.7 Å². The van der Waals surface area contributed by atoms with Gasteiger partial charge in [-0.2, -0.15) is 8.42 Å². The molecule has 1 aromatic heterocycles. The molecule has 1 aromatic carbocycles. The number of halogens is 1. The topological polar surface area (TPSA) is 81.2 Å².